The SMILES string of the molecule is CNCC(COC)Oc1cc(C)ccc1C. The highest BCUT2D eigenvalue weighted by Crippen LogP contribution is 2.20. The average Bonchev–Trinajstić information content (AvgIpc) is 2.24. The molecule has 0 heterocycles. The van der Waals surface area contributed by atoms with Crippen LogP contribution in [0.1, 0.15) is 11.1 Å². The average molecular weight is 223 g/mol. The first-order valence-corrected chi connectivity index (χ1v) is 5.54. The summed E-state index contributed by atoms with van der Waals surface area (Å²) < 4.78 is 11.1. The molecule has 1 aromatic carbocycles. The molecular weight excluding hydrogens is 202 g/mol. The van der Waals surface area contributed by atoms with Gasteiger partial charge in [0.15, 0.2) is 0 Å². The van der Waals surface area contributed by atoms with Crippen LogP contribution in [0.4, 0.5) is 0 Å². The highest BCUT2D eigenvalue weighted by Gasteiger charge is 2.10. The molecule has 0 saturated carbocycles. The number of hydrogen-bond acceptors (Lipinski definition) is 3. The van der Waals surface area contributed by atoms with Gasteiger partial charge in [-0.1, -0.05) is 12.1 Å². The summed E-state index contributed by atoms with van der Waals surface area (Å²) in [6, 6.07) is 6.23. The van der Waals surface area contributed by atoms with E-state index in [1.54, 1.807) is 7.11 Å². The summed E-state index contributed by atoms with van der Waals surface area (Å²) in [6.45, 7) is 5.49. The van der Waals surface area contributed by atoms with Gasteiger partial charge < -0.3 is 14.8 Å². The maximum Gasteiger partial charge on any atom is 0.134 e. The van der Waals surface area contributed by atoms with Crippen LogP contribution in [0.2, 0.25) is 0 Å². The number of hydrogen-bond donors (Lipinski definition) is 1. The Morgan fingerprint density at radius 3 is 2.69 bits per heavy atom. The first kappa shape index (κ1) is 13.0. The second-order valence-corrected chi connectivity index (χ2v) is 4.02. The van der Waals surface area contributed by atoms with Crippen molar-refractivity contribution in [3.63, 3.8) is 0 Å². The highest BCUT2D eigenvalue weighted by atomic mass is 16.5. The van der Waals surface area contributed by atoms with Crippen LogP contribution in [0.25, 0.3) is 0 Å². The van der Waals surface area contributed by atoms with E-state index in [-0.39, 0.29) is 6.10 Å². The fraction of sp³-hybridized carbons (Fsp3) is 0.538. The summed E-state index contributed by atoms with van der Waals surface area (Å²) in [5.41, 5.74) is 2.36. The van der Waals surface area contributed by atoms with Gasteiger partial charge in [-0.05, 0) is 38.1 Å². The zero-order chi connectivity index (χ0) is 12.0. The van der Waals surface area contributed by atoms with E-state index in [0.717, 1.165) is 17.9 Å². The number of rotatable bonds is 6. The number of benzene rings is 1. The lowest BCUT2D eigenvalue weighted by Gasteiger charge is -2.19. The lowest BCUT2D eigenvalue weighted by molar-refractivity contribution is 0.0813. The Labute approximate surface area is 97.8 Å². The molecule has 1 rings (SSSR count). The smallest absolute Gasteiger partial charge is 0.134 e. The summed E-state index contributed by atoms with van der Waals surface area (Å²) in [5, 5.41) is 3.10. The van der Waals surface area contributed by atoms with Crippen LogP contribution < -0.4 is 10.1 Å². The first-order valence-electron chi connectivity index (χ1n) is 5.54. The lowest BCUT2D eigenvalue weighted by atomic mass is 10.1. The predicted molar refractivity (Wildman–Crippen MR) is 66.1 cm³/mol. The van der Waals surface area contributed by atoms with Crippen molar-refractivity contribution in [2.24, 2.45) is 0 Å². The zero-order valence-electron chi connectivity index (χ0n) is 10.5. The first-order chi connectivity index (χ1) is 7.67. The largest absolute Gasteiger partial charge is 0.486 e. The van der Waals surface area contributed by atoms with Crippen LogP contribution in [0, 0.1) is 13.8 Å². The molecule has 1 unspecified atom stereocenters. The Bertz CT molecular complexity index is 320. The Morgan fingerprint density at radius 2 is 2.06 bits per heavy atom. The molecule has 0 spiro atoms. The molecule has 0 bridgehead atoms. The molecule has 0 aliphatic rings. The molecule has 1 N–H and O–H groups in total. The summed E-state index contributed by atoms with van der Waals surface area (Å²) in [6.07, 6.45) is 0.0514. The third kappa shape index (κ3) is 3.83. The Morgan fingerprint density at radius 1 is 1.31 bits per heavy atom. The van der Waals surface area contributed by atoms with E-state index in [2.05, 4.69) is 37.4 Å². The fourth-order valence-corrected chi connectivity index (χ4v) is 1.56. The molecule has 16 heavy (non-hydrogen) atoms. The van der Waals surface area contributed by atoms with Crippen LogP contribution in [-0.2, 0) is 4.74 Å². The molecule has 90 valence electrons. The normalized spacial score (nSPS) is 12.5. The van der Waals surface area contributed by atoms with Crippen LogP contribution in [0.5, 0.6) is 5.75 Å². The van der Waals surface area contributed by atoms with Gasteiger partial charge in [-0.25, -0.2) is 0 Å². The van der Waals surface area contributed by atoms with Gasteiger partial charge >= 0.3 is 0 Å². The van der Waals surface area contributed by atoms with Gasteiger partial charge in [0, 0.05) is 13.7 Å². The number of nitrogens with one attached hydrogen (secondary N) is 1. The molecular formula is C13H21NO2. The van der Waals surface area contributed by atoms with Gasteiger partial charge in [0.25, 0.3) is 0 Å². The predicted octanol–water partition coefficient (Wildman–Crippen LogP) is 1.92. The van der Waals surface area contributed by atoms with E-state index in [1.165, 1.54) is 5.56 Å². The molecule has 0 amide bonds. The quantitative estimate of drug-likeness (QED) is 0.799. The number of methoxy groups -OCH3 is 1. The summed E-state index contributed by atoms with van der Waals surface area (Å²) >= 11 is 0. The summed E-state index contributed by atoms with van der Waals surface area (Å²) in [7, 11) is 3.60. The molecule has 3 nitrogen and oxygen atoms in total. The fourth-order valence-electron chi connectivity index (χ4n) is 1.56. The number of ether oxygens (including phenoxy) is 2. The van der Waals surface area contributed by atoms with Crippen molar-refractivity contribution in [3.05, 3.63) is 29.3 Å². The van der Waals surface area contributed by atoms with Crippen molar-refractivity contribution in [2.75, 3.05) is 27.3 Å². The summed E-state index contributed by atoms with van der Waals surface area (Å²) in [5.74, 6) is 0.942. The van der Waals surface area contributed by atoms with Gasteiger partial charge in [-0.3, -0.25) is 0 Å². The third-order valence-electron chi connectivity index (χ3n) is 2.42. The maximum atomic E-state index is 5.92. The second kappa shape index (κ2) is 6.51. The van der Waals surface area contributed by atoms with Crippen LogP contribution in [-0.4, -0.2) is 33.4 Å². The zero-order valence-corrected chi connectivity index (χ0v) is 10.5. The molecule has 0 radical (unpaired) electrons. The van der Waals surface area contributed by atoms with Crippen LogP contribution >= 0.6 is 0 Å². The third-order valence-corrected chi connectivity index (χ3v) is 2.42. The number of likely N-dealkylation sites (N-methyl/N-ethyl adjacent to an activating group) is 1. The van der Waals surface area contributed by atoms with Crippen molar-refractivity contribution >= 4 is 0 Å². The second-order valence-electron chi connectivity index (χ2n) is 4.02. The molecule has 0 aliphatic carbocycles. The van der Waals surface area contributed by atoms with Crippen LogP contribution in [0.3, 0.4) is 0 Å². The van der Waals surface area contributed by atoms with Gasteiger partial charge in [0.1, 0.15) is 11.9 Å². The van der Waals surface area contributed by atoms with E-state index >= 15 is 0 Å². The van der Waals surface area contributed by atoms with Crippen molar-refractivity contribution in [3.8, 4) is 5.75 Å². The molecule has 0 aromatic heterocycles. The molecule has 3 heteroatoms. The van der Waals surface area contributed by atoms with Crippen LogP contribution in [0.15, 0.2) is 18.2 Å². The maximum absolute atomic E-state index is 5.92. The lowest BCUT2D eigenvalue weighted by Crippen LogP contribution is -2.33. The number of aryl methyl sites for hydroxylation is 2. The van der Waals surface area contributed by atoms with Crippen molar-refractivity contribution in [1.82, 2.24) is 5.32 Å². The highest BCUT2D eigenvalue weighted by molar-refractivity contribution is 5.36. The minimum absolute atomic E-state index is 0.0514. The van der Waals surface area contributed by atoms with Crippen molar-refractivity contribution < 1.29 is 9.47 Å². The molecule has 0 aliphatic heterocycles. The summed E-state index contributed by atoms with van der Waals surface area (Å²) in [4.78, 5) is 0. The molecule has 1 atom stereocenters. The van der Waals surface area contributed by atoms with Gasteiger partial charge in [-0.15, -0.1) is 0 Å². The Kier molecular flexibility index (Phi) is 5.29. The van der Waals surface area contributed by atoms with E-state index in [0.29, 0.717) is 6.61 Å². The minimum Gasteiger partial charge on any atom is -0.486 e. The Hall–Kier alpha value is -1.06. The molecule has 1 aromatic rings. The monoisotopic (exact) mass is 223 g/mol. The van der Waals surface area contributed by atoms with Gasteiger partial charge in [0.2, 0.25) is 0 Å². The standard InChI is InChI=1S/C13H21NO2/c1-10-5-6-11(2)13(7-10)16-12(8-14-3)9-15-4/h5-7,12,14H,8-9H2,1-4H3. The minimum atomic E-state index is 0.0514. The van der Waals surface area contributed by atoms with E-state index in [1.807, 2.05) is 7.05 Å². The Balaban J connectivity index is 2.71. The molecule has 0 fully saturated rings. The topological polar surface area (TPSA) is 30.5 Å². The van der Waals surface area contributed by atoms with E-state index in [9.17, 15) is 0 Å². The molecule has 0 saturated heterocycles. The van der Waals surface area contributed by atoms with Gasteiger partial charge in [0.05, 0.1) is 6.61 Å². The van der Waals surface area contributed by atoms with E-state index < -0.39 is 0 Å². The van der Waals surface area contributed by atoms with E-state index in [4.69, 9.17) is 9.47 Å². The van der Waals surface area contributed by atoms with Crippen molar-refractivity contribution in [2.45, 2.75) is 20.0 Å². The van der Waals surface area contributed by atoms with Crippen molar-refractivity contribution in [1.29, 1.82) is 0 Å². The van der Waals surface area contributed by atoms with Gasteiger partial charge in [-0.2, -0.15) is 0 Å².